The van der Waals surface area contributed by atoms with Crippen molar-refractivity contribution in [2.75, 3.05) is 26.8 Å². The molecule has 1 fully saturated rings. The quantitative estimate of drug-likeness (QED) is 0.620. The molecule has 0 amide bonds. The van der Waals surface area contributed by atoms with Gasteiger partial charge in [0.1, 0.15) is 23.9 Å². The predicted molar refractivity (Wildman–Crippen MR) is 105 cm³/mol. The Morgan fingerprint density at radius 3 is 2.37 bits per heavy atom. The van der Waals surface area contributed by atoms with E-state index in [4.69, 9.17) is 25.8 Å². The number of methoxy groups -OCH3 is 1. The van der Waals surface area contributed by atoms with E-state index >= 15 is 0 Å². The highest BCUT2D eigenvalue weighted by Crippen LogP contribution is 2.26. The molecule has 2 aromatic rings. The average Bonchev–Trinajstić information content (AvgIpc) is 3.14. The molecule has 6 heteroatoms. The van der Waals surface area contributed by atoms with Gasteiger partial charge in [0.15, 0.2) is 0 Å². The van der Waals surface area contributed by atoms with Gasteiger partial charge in [0.2, 0.25) is 0 Å². The summed E-state index contributed by atoms with van der Waals surface area (Å²) in [7, 11) is 1.42. The molecule has 1 atom stereocenters. The van der Waals surface area contributed by atoms with Gasteiger partial charge in [0, 0.05) is 17.6 Å². The Bertz CT molecular complexity index is 733. The molecule has 0 spiro atoms. The van der Waals surface area contributed by atoms with Crippen LogP contribution >= 0.6 is 11.6 Å². The van der Waals surface area contributed by atoms with Crippen LogP contribution in [0.3, 0.4) is 0 Å². The normalized spacial score (nSPS) is 16.9. The van der Waals surface area contributed by atoms with Crippen molar-refractivity contribution in [3.8, 4) is 17.2 Å². The fourth-order valence-corrected chi connectivity index (χ4v) is 3.28. The number of likely N-dealkylation sites (tertiary alicyclic amines) is 1. The van der Waals surface area contributed by atoms with Crippen LogP contribution in [0.2, 0.25) is 5.02 Å². The predicted octanol–water partition coefficient (Wildman–Crippen LogP) is 4.54. The van der Waals surface area contributed by atoms with Crippen molar-refractivity contribution in [3.05, 3.63) is 53.6 Å². The van der Waals surface area contributed by atoms with Gasteiger partial charge >= 0.3 is 5.97 Å². The van der Waals surface area contributed by atoms with Gasteiger partial charge in [-0.05, 0) is 67.9 Å². The summed E-state index contributed by atoms with van der Waals surface area (Å²) < 4.78 is 16.4. The molecule has 27 heavy (non-hydrogen) atoms. The van der Waals surface area contributed by atoms with Gasteiger partial charge in [-0.15, -0.1) is 0 Å². The summed E-state index contributed by atoms with van der Waals surface area (Å²) in [6, 6.07) is 15.1. The van der Waals surface area contributed by atoms with Crippen LogP contribution in [0.4, 0.5) is 0 Å². The molecular formula is C21H24ClNO4. The average molecular weight is 390 g/mol. The largest absolute Gasteiger partial charge is 0.492 e. The maximum Gasteiger partial charge on any atom is 0.306 e. The van der Waals surface area contributed by atoms with E-state index in [-0.39, 0.29) is 5.97 Å². The van der Waals surface area contributed by atoms with Crippen LogP contribution in [-0.2, 0) is 9.53 Å². The minimum Gasteiger partial charge on any atom is -0.492 e. The van der Waals surface area contributed by atoms with E-state index in [1.54, 1.807) is 12.1 Å². The van der Waals surface area contributed by atoms with Crippen LogP contribution in [0.1, 0.15) is 19.3 Å². The summed E-state index contributed by atoms with van der Waals surface area (Å²) in [5, 5.41) is 0.679. The number of hydrogen-bond donors (Lipinski definition) is 0. The number of halogens is 1. The minimum absolute atomic E-state index is 0.169. The van der Waals surface area contributed by atoms with E-state index in [9.17, 15) is 4.79 Å². The van der Waals surface area contributed by atoms with E-state index < -0.39 is 0 Å². The van der Waals surface area contributed by atoms with Gasteiger partial charge < -0.3 is 14.2 Å². The highest BCUT2D eigenvalue weighted by atomic mass is 35.5. The van der Waals surface area contributed by atoms with Gasteiger partial charge in [-0.2, -0.15) is 0 Å². The molecule has 0 radical (unpaired) electrons. The number of hydrogen-bond acceptors (Lipinski definition) is 5. The van der Waals surface area contributed by atoms with Gasteiger partial charge in [0.05, 0.1) is 13.5 Å². The second-order valence-electron chi connectivity index (χ2n) is 6.50. The Labute approximate surface area is 164 Å². The Kier molecular flexibility index (Phi) is 6.96. The van der Waals surface area contributed by atoms with Crippen LogP contribution in [-0.4, -0.2) is 43.7 Å². The number of benzene rings is 2. The number of rotatable bonds is 8. The van der Waals surface area contributed by atoms with Crippen LogP contribution in [0.25, 0.3) is 0 Å². The van der Waals surface area contributed by atoms with E-state index in [1.165, 1.54) is 7.11 Å². The van der Waals surface area contributed by atoms with E-state index in [0.29, 0.717) is 30.6 Å². The number of nitrogens with zero attached hydrogens (tertiary/aromatic N) is 1. The third-order valence-corrected chi connectivity index (χ3v) is 4.90. The van der Waals surface area contributed by atoms with Crippen molar-refractivity contribution in [2.45, 2.75) is 25.3 Å². The minimum atomic E-state index is -0.169. The summed E-state index contributed by atoms with van der Waals surface area (Å²) in [5.41, 5.74) is 0. The molecule has 1 heterocycles. The maximum absolute atomic E-state index is 11.3. The summed E-state index contributed by atoms with van der Waals surface area (Å²) in [4.78, 5) is 13.6. The molecule has 1 aliphatic heterocycles. The fraction of sp³-hybridized carbons (Fsp3) is 0.381. The number of carbonyl (C=O) groups is 1. The number of esters is 1. The van der Waals surface area contributed by atoms with Crippen LogP contribution in [0.5, 0.6) is 17.2 Å². The smallest absolute Gasteiger partial charge is 0.306 e. The lowest BCUT2D eigenvalue weighted by atomic mass is 10.2. The van der Waals surface area contributed by atoms with Crippen LogP contribution in [0, 0.1) is 0 Å². The van der Waals surface area contributed by atoms with Crippen LogP contribution < -0.4 is 9.47 Å². The molecule has 2 aromatic carbocycles. The Balaban J connectivity index is 1.48. The second kappa shape index (κ2) is 9.62. The molecule has 0 N–H and O–H groups in total. The zero-order valence-electron chi connectivity index (χ0n) is 15.4. The molecule has 0 unspecified atom stereocenters. The van der Waals surface area contributed by atoms with Crippen molar-refractivity contribution >= 4 is 17.6 Å². The zero-order chi connectivity index (χ0) is 19.1. The lowest BCUT2D eigenvalue weighted by Gasteiger charge is -2.24. The highest BCUT2D eigenvalue weighted by molar-refractivity contribution is 6.30. The lowest BCUT2D eigenvalue weighted by Crippen LogP contribution is -2.35. The van der Waals surface area contributed by atoms with Gasteiger partial charge in [-0.3, -0.25) is 9.69 Å². The summed E-state index contributed by atoms with van der Waals surface area (Å²) in [6.07, 6.45) is 2.63. The van der Waals surface area contributed by atoms with Crippen molar-refractivity contribution < 1.29 is 19.0 Å². The first-order chi connectivity index (χ1) is 13.1. The first-order valence-corrected chi connectivity index (χ1v) is 9.49. The Morgan fingerprint density at radius 2 is 1.70 bits per heavy atom. The molecule has 3 rings (SSSR count). The van der Waals surface area contributed by atoms with Gasteiger partial charge in [-0.25, -0.2) is 0 Å². The van der Waals surface area contributed by atoms with Crippen molar-refractivity contribution in [1.29, 1.82) is 0 Å². The number of ether oxygens (including phenoxy) is 3. The fourth-order valence-electron chi connectivity index (χ4n) is 3.15. The summed E-state index contributed by atoms with van der Waals surface area (Å²) in [6.45, 7) is 2.33. The SMILES string of the molecule is COC(=O)CCN1CCC[C@@H]1COc1ccc(Oc2ccc(Cl)cc2)cc1. The second-order valence-corrected chi connectivity index (χ2v) is 6.93. The summed E-state index contributed by atoms with van der Waals surface area (Å²) in [5.74, 6) is 2.11. The molecule has 0 aliphatic carbocycles. The highest BCUT2D eigenvalue weighted by Gasteiger charge is 2.25. The molecule has 5 nitrogen and oxygen atoms in total. The molecule has 0 aromatic heterocycles. The Hall–Kier alpha value is -2.24. The monoisotopic (exact) mass is 389 g/mol. The molecule has 144 valence electrons. The lowest BCUT2D eigenvalue weighted by molar-refractivity contribution is -0.141. The molecule has 1 saturated heterocycles. The third-order valence-electron chi connectivity index (χ3n) is 4.65. The third kappa shape index (κ3) is 5.88. The molecular weight excluding hydrogens is 366 g/mol. The topological polar surface area (TPSA) is 48.0 Å². The molecule has 0 bridgehead atoms. The number of carbonyl (C=O) groups excluding carboxylic acids is 1. The molecule has 0 saturated carbocycles. The maximum atomic E-state index is 11.3. The van der Waals surface area contributed by atoms with Crippen molar-refractivity contribution in [1.82, 2.24) is 4.90 Å². The Morgan fingerprint density at radius 1 is 1.07 bits per heavy atom. The van der Waals surface area contributed by atoms with E-state index in [1.807, 2.05) is 36.4 Å². The van der Waals surface area contributed by atoms with Gasteiger partial charge in [-0.1, -0.05) is 11.6 Å². The first kappa shape index (κ1) is 19.5. The van der Waals surface area contributed by atoms with Crippen molar-refractivity contribution in [3.63, 3.8) is 0 Å². The van der Waals surface area contributed by atoms with E-state index in [0.717, 1.165) is 36.6 Å². The van der Waals surface area contributed by atoms with Crippen LogP contribution in [0.15, 0.2) is 48.5 Å². The first-order valence-electron chi connectivity index (χ1n) is 9.11. The standard InChI is InChI=1S/C21H24ClNO4/c1-25-21(24)12-14-23-13-2-3-17(23)15-26-18-8-10-20(11-9-18)27-19-6-4-16(22)5-7-19/h4-11,17H,2-3,12-15H2,1H3/t17-/m1/s1. The molecule has 1 aliphatic rings. The van der Waals surface area contributed by atoms with E-state index in [2.05, 4.69) is 4.90 Å². The van der Waals surface area contributed by atoms with Gasteiger partial charge in [0.25, 0.3) is 0 Å². The van der Waals surface area contributed by atoms with Crippen molar-refractivity contribution in [2.24, 2.45) is 0 Å². The zero-order valence-corrected chi connectivity index (χ0v) is 16.2. The summed E-state index contributed by atoms with van der Waals surface area (Å²) >= 11 is 5.88.